The van der Waals surface area contributed by atoms with Crippen molar-refractivity contribution in [3.05, 3.63) is 76.5 Å². The smallest absolute Gasteiger partial charge is 0.227 e. The molecule has 0 aliphatic carbocycles. The van der Waals surface area contributed by atoms with Crippen molar-refractivity contribution in [1.29, 1.82) is 0 Å². The summed E-state index contributed by atoms with van der Waals surface area (Å²) in [7, 11) is 0. The van der Waals surface area contributed by atoms with E-state index in [1.165, 1.54) is 70.3 Å². The number of hydrogen-bond donors (Lipinski definition) is 0. The maximum absolute atomic E-state index is 14.9. The predicted molar refractivity (Wildman–Crippen MR) is 165 cm³/mol. The van der Waals surface area contributed by atoms with Gasteiger partial charge in [-0.3, -0.25) is 4.79 Å². The van der Waals surface area contributed by atoms with Gasteiger partial charge in [-0.2, -0.15) is 4.57 Å². The highest BCUT2D eigenvalue weighted by atomic mass is 79.9. The molecule has 0 saturated carbocycles. The number of anilines is 1. The number of amides is 1. The first-order chi connectivity index (χ1) is 19.6. The minimum Gasteiger partial charge on any atom is -1.00 e. The normalized spacial score (nSPS) is 10.8. The molecule has 0 bridgehead atoms. The molecule has 7 heteroatoms. The Hall–Kier alpha value is -2.25. The second-order valence-corrected chi connectivity index (χ2v) is 11.5. The summed E-state index contributed by atoms with van der Waals surface area (Å²) in [6, 6.07) is 13.1. The fourth-order valence-electron chi connectivity index (χ4n) is 4.97. The number of nitrogens with zero attached hydrogens (tertiary/aromatic N) is 2. The Balaban J connectivity index is 0.00000588. The minimum atomic E-state index is -0.372. The lowest BCUT2D eigenvalue weighted by Gasteiger charge is -2.23. The molecule has 0 atom stereocenters. The first-order valence-corrected chi connectivity index (χ1v) is 16.3. The second-order valence-electron chi connectivity index (χ2n) is 10.7. The Morgan fingerprint density at radius 1 is 0.878 bits per heavy atom. The number of rotatable bonds is 20. The zero-order valence-electron chi connectivity index (χ0n) is 25.0. The monoisotopic (exact) mass is 646 g/mol. The van der Waals surface area contributed by atoms with Gasteiger partial charge in [0, 0.05) is 17.7 Å². The van der Waals surface area contributed by atoms with Crippen molar-refractivity contribution in [3.8, 4) is 5.75 Å². The molecule has 0 N–H and O–H groups in total. The van der Waals surface area contributed by atoms with Crippen molar-refractivity contribution in [2.24, 2.45) is 0 Å². The van der Waals surface area contributed by atoms with Crippen molar-refractivity contribution < 1.29 is 35.5 Å². The maximum atomic E-state index is 14.9. The molecule has 0 aliphatic rings. The van der Waals surface area contributed by atoms with Crippen molar-refractivity contribution in [3.63, 3.8) is 0 Å². The third kappa shape index (κ3) is 13.1. The largest absolute Gasteiger partial charge is 1.00 e. The molecular formula is C34H48BrFN2O2S. The summed E-state index contributed by atoms with van der Waals surface area (Å²) >= 11 is 1.65. The molecule has 1 heterocycles. The van der Waals surface area contributed by atoms with Crippen LogP contribution < -0.4 is 31.2 Å². The number of halogens is 2. The quantitative estimate of drug-likeness (QED) is 0.107. The van der Waals surface area contributed by atoms with Crippen LogP contribution in [0.1, 0.15) is 108 Å². The summed E-state index contributed by atoms with van der Waals surface area (Å²) in [5.74, 6) is -0.0778. The highest BCUT2D eigenvalue weighted by Gasteiger charge is 2.17. The van der Waals surface area contributed by atoms with Crippen molar-refractivity contribution in [2.75, 3.05) is 11.5 Å². The van der Waals surface area contributed by atoms with Crippen LogP contribution in [0.15, 0.2) is 59.6 Å². The highest BCUT2D eigenvalue weighted by molar-refractivity contribution is 7.07. The SMILES string of the molecule is CCCCCCCCCCCCCCOc1ccc(CN(C(=O)CC)c2cccc(C[n+]3ccsc3)c2)cc1F.[Br-]. The lowest BCUT2D eigenvalue weighted by atomic mass is 10.1. The van der Waals surface area contributed by atoms with Gasteiger partial charge in [-0.05, 0) is 36.2 Å². The highest BCUT2D eigenvalue weighted by Crippen LogP contribution is 2.24. The van der Waals surface area contributed by atoms with E-state index in [4.69, 9.17) is 4.74 Å². The Labute approximate surface area is 261 Å². The molecule has 3 rings (SSSR count). The van der Waals surface area contributed by atoms with Crippen LogP contribution in [-0.2, 0) is 17.9 Å². The minimum absolute atomic E-state index is 0. The molecule has 2 aromatic carbocycles. The molecule has 0 saturated heterocycles. The van der Waals surface area contributed by atoms with Gasteiger partial charge in [0.25, 0.3) is 0 Å². The van der Waals surface area contributed by atoms with Gasteiger partial charge in [-0.15, -0.1) is 0 Å². The van der Waals surface area contributed by atoms with E-state index < -0.39 is 0 Å². The van der Waals surface area contributed by atoms with Crippen molar-refractivity contribution >= 4 is 22.9 Å². The standard InChI is InChI=1S/C34H48FN2O2S.BrH/c1-3-5-6-7-8-9-10-11-12-13-14-15-22-39-33-20-19-30(25-32(33)35)27-37(34(38)4-2)31-18-16-17-29(24-31)26-36-21-23-40-28-36;/h16-21,23-25,28H,3-15,22,26-27H2,1-2H3;1H/q+1;/p-1. The molecule has 1 aromatic heterocycles. The number of carbonyl (C=O) groups is 1. The van der Waals surface area contributed by atoms with Crippen molar-refractivity contribution in [2.45, 2.75) is 110 Å². The van der Waals surface area contributed by atoms with Crippen LogP contribution in [0.25, 0.3) is 0 Å². The Kier molecular flexibility index (Phi) is 17.6. The molecule has 1 amide bonds. The van der Waals surface area contributed by atoms with Gasteiger partial charge in [-0.25, -0.2) is 4.39 Å². The van der Waals surface area contributed by atoms with E-state index in [9.17, 15) is 9.18 Å². The fourth-order valence-corrected chi connectivity index (χ4v) is 5.57. The van der Waals surface area contributed by atoms with Gasteiger partial charge >= 0.3 is 0 Å². The number of carbonyl (C=O) groups excluding carboxylic acids is 1. The molecule has 226 valence electrons. The predicted octanol–water partition coefficient (Wildman–Crippen LogP) is 6.25. The summed E-state index contributed by atoms with van der Waals surface area (Å²) in [6.45, 7) is 5.71. The van der Waals surface area contributed by atoms with E-state index in [-0.39, 0.29) is 34.5 Å². The number of unbranched alkanes of at least 4 members (excludes halogenated alkanes) is 11. The summed E-state index contributed by atoms with van der Waals surface area (Å²) < 4.78 is 22.7. The fraction of sp³-hybridized carbons (Fsp3) is 0.529. The number of thiazole rings is 1. The van der Waals surface area contributed by atoms with Crippen LogP contribution in [0, 0.1) is 5.82 Å². The molecule has 0 unspecified atom stereocenters. The van der Waals surface area contributed by atoms with Crippen LogP contribution in [0.5, 0.6) is 5.75 Å². The van der Waals surface area contributed by atoms with Crippen LogP contribution in [0.2, 0.25) is 0 Å². The number of benzene rings is 2. The zero-order chi connectivity index (χ0) is 28.4. The van der Waals surface area contributed by atoms with Crippen LogP contribution in [0.3, 0.4) is 0 Å². The van der Waals surface area contributed by atoms with Gasteiger partial charge in [0.1, 0.15) is 0 Å². The maximum Gasteiger partial charge on any atom is 0.227 e. The van der Waals surface area contributed by atoms with E-state index in [2.05, 4.69) is 23.1 Å². The molecule has 4 nitrogen and oxygen atoms in total. The Morgan fingerprint density at radius 3 is 2.17 bits per heavy atom. The number of ether oxygens (including phenoxy) is 1. The van der Waals surface area contributed by atoms with E-state index in [0.29, 0.717) is 19.6 Å². The van der Waals surface area contributed by atoms with Crippen LogP contribution >= 0.6 is 11.3 Å². The lowest BCUT2D eigenvalue weighted by molar-refractivity contribution is -0.683. The molecule has 0 fully saturated rings. The summed E-state index contributed by atoms with van der Waals surface area (Å²) in [6.07, 6.45) is 17.9. The average molecular weight is 648 g/mol. The Morgan fingerprint density at radius 2 is 1.56 bits per heavy atom. The van der Waals surface area contributed by atoms with E-state index >= 15 is 0 Å². The number of aromatic nitrogens is 1. The third-order valence-corrected chi connectivity index (χ3v) is 7.98. The van der Waals surface area contributed by atoms with Crippen molar-refractivity contribution in [1.82, 2.24) is 0 Å². The lowest BCUT2D eigenvalue weighted by Crippen LogP contribution is -3.00. The number of hydrogen-bond acceptors (Lipinski definition) is 3. The molecule has 0 spiro atoms. The van der Waals surface area contributed by atoms with Gasteiger partial charge in [0.15, 0.2) is 24.3 Å². The molecule has 0 radical (unpaired) electrons. The molecule has 3 aromatic rings. The van der Waals surface area contributed by atoms with E-state index in [0.717, 1.165) is 36.2 Å². The van der Waals surface area contributed by atoms with Gasteiger partial charge in [0.05, 0.1) is 18.5 Å². The molecule has 0 aliphatic heterocycles. The van der Waals surface area contributed by atoms with E-state index in [1.807, 2.05) is 42.8 Å². The first kappa shape index (κ1) is 34.9. The van der Waals surface area contributed by atoms with Crippen LogP contribution in [-0.4, -0.2) is 12.5 Å². The average Bonchev–Trinajstić information content (AvgIpc) is 3.48. The third-order valence-electron chi connectivity index (χ3n) is 7.31. The van der Waals surface area contributed by atoms with Gasteiger partial charge in [0.2, 0.25) is 11.4 Å². The molecular weight excluding hydrogens is 599 g/mol. The summed E-state index contributed by atoms with van der Waals surface area (Å²) in [4.78, 5) is 14.6. The zero-order valence-corrected chi connectivity index (χ0v) is 27.4. The summed E-state index contributed by atoms with van der Waals surface area (Å²) in [5.41, 5.74) is 4.75. The second kappa shape index (κ2) is 20.6. The van der Waals surface area contributed by atoms with Gasteiger partial charge < -0.3 is 26.6 Å². The van der Waals surface area contributed by atoms with E-state index in [1.54, 1.807) is 22.3 Å². The topological polar surface area (TPSA) is 33.4 Å². The van der Waals surface area contributed by atoms with Crippen LogP contribution in [0.4, 0.5) is 10.1 Å². The van der Waals surface area contributed by atoms with Gasteiger partial charge in [-0.1, -0.05) is 114 Å². The summed E-state index contributed by atoms with van der Waals surface area (Å²) in [5, 5.41) is 2.04. The Bertz CT molecular complexity index is 1130. The first-order valence-electron chi connectivity index (χ1n) is 15.3. The molecule has 41 heavy (non-hydrogen) atoms.